The van der Waals surface area contributed by atoms with Crippen LogP contribution in [0.1, 0.15) is 31.7 Å². The van der Waals surface area contributed by atoms with E-state index < -0.39 is 22.0 Å². The lowest BCUT2D eigenvalue weighted by Crippen LogP contribution is -2.45. The number of unbranched alkanes of at least 4 members (excludes halogenated alkanes) is 1. The molecule has 4 N–H and O–H groups in total. The summed E-state index contributed by atoms with van der Waals surface area (Å²) >= 11 is 12.1. The smallest absolute Gasteiger partial charge is 0.327 e. The Hall–Kier alpha value is -3.01. The Kier molecular flexibility index (Phi) is 7.91. The van der Waals surface area contributed by atoms with Gasteiger partial charge in [0.15, 0.2) is 5.84 Å². The van der Waals surface area contributed by atoms with Gasteiger partial charge in [-0.05, 0) is 53.6 Å². The number of aliphatic carboxylic acids is 1. The summed E-state index contributed by atoms with van der Waals surface area (Å²) < 4.78 is 28.4. The van der Waals surface area contributed by atoms with Gasteiger partial charge in [-0.15, -0.1) is 0 Å². The third kappa shape index (κ3) is 5.38. The van der Waals surface area contributed by atoms with Crippen LogP contribution in [0.4, 0.5) is 5.69 Å². The van der Waals surface area contributed by atoms with E-state index in [0.717, 1.165) is 4.31 Å². The van der Waals surface area contributed by atoms with Crippen LogP contribution in [0, 0.1) is 0 Å². The lowest BCUT2D eigenvalue weighted by Gasteiger charge is -2.30. The zero-order chi connectivity index (χ0) is 25.0. The zero-order valence-electron chi connectivity index (χ0n) is 18.1. The van der Waals surface area contributed by atoms with E-state index in [0.29, 0.717) is 29.2 Å². The number of nitrogens with two attached hydrogens (primary N) is 1. The first kappa shape index (κ1) is 25.6. The predicted molar refractivity (Wildman–Crippen MR) is 134 cm³/mol. The Balaban J connectivity index is 2.22. The van der Waals surface area contributed by atoms with Gasteiger partial charge in [-0.25, -0.2) is 13.2 Å². The number of sulfonamides is 1. The monoisotopic (exact) mass is 523 g/mol. The first-order valence-corrected chi connectivity index (χ1v) is 12.5. The molecule has 0 bridgehead atoms. The number of hydrogen-bond acceptors (Lipinski definition) is 5. The molecule has 3 aromatic carbocycles. The van der Waals surface area contributed by atoms with Crippen LogP contribution in [0.15, 0.2) is 64.6 Å². The maximum absolute atomic E-state index is 13.7. The van der Waals surface area contributed by atoms with E-state index in [-0.39, 0.29) is 32.9 Å². The minimum Gasteiger partial charge on any atom is -0.480 e. The quantitative estimate of drug-likeness (QED) is 0.155. The molecule has 0 radical (unpaired) electrons. The largest absolute Gasteiger partial charge is 0.480 e. The van der Waals surface area contributed by atoms with E-state index in [2.05, 4.69) is 5.16 Å². The van der Waals surface area contributed by atoms with Crippen molar-refractivity contribution in [2.75, 3.05) is 4.31 Å². The van der Waals surface area contributed by atoms with Crippen molar-refractivity contribution < 1.29 is 23.5 Å². The van der Waals surface area contributed by atoms with E-state index in [1.165, 1.54) is 24.3 Å². The van der Waals surface area contributed by atoms with Gasteiger partial charge < -0.3 is 16.0 Å². The second kappa shape index (κ2) is 10.5. The van der Waals surface area contributed by atoms with Gasteiger partial charge in [-0.2, -0.15) is 0 Å². The molecular formula is C23H23Cl2N3O5S. The van der Waals surface area contributed by atoms with E-state index in [1.54, 1.807) is 30.3 Å². The molecule has 0 aliphatic heterocycles. The number of halogens is 2. The van der Waals surface area contributed by atoms with Gasteiger partial charge >= 0.3 is 5.97 Å². The van der Waals surface area contributed by atoms with E-state index in [1.807, 2.05) is 6.92 Å². The third-order valence-electron chi connectivity index (χ3n) is 5.27. The molecule has 0 aromatic heterocycles. The van der Waals surface area contributed by atoms with Gasteiger partial charge in [-0.1, -0.05) is 66.3 Å². The molecule has 0 aliphatic rings. The summed E-state index contributed by atoms with van der Waals surface area (Å²) in [7, 11) is -4.36. The van der Waals surface area contributed by atoms with Crippen molar-refractivity contribution in [1.29, 1.82) is 0 Å². The summed E-state index contributed by atoms with van der Waals surface area (Å²) in [4.78, 5) is 12.0. The number of carboxylic acids is 1. The van der Waals surface area contributed by atoms with Gasteiger partial charge in [0.25, 0.3) is 10.0 Å². The minimum atomic E-state index is -4.36. The highest BCUT2D eigenvalue weighted by molar-refractivity contribution is 7.93. The fourth-order valence-corrected chi connectivity index (χ4v) is 5.96. The molecule has 3 aromatic rings. The Morgan fingerprint density at radius 3 is 2.26 bits per heavy atom. The molecule has 0 saturated heterocycles. The van der Waals surface area contributed by atoms with Crippen LogP contribution in [0.3, 0.4) is 0 Å². The number of amidine groups is 1. The SMILES string of the molecule is CCCCC(C(=O)O)N(c1ccc2cc(C(N)=NO)ccc2c1)S(=O)(=O)c1cc(Cl)cc(Cl)c1. The topological polar surface area (TPSA) is 133 Å². The highest BCUT2D eigenvalue weighted by atomic mass is 35.5. The molecule has 0 aliphatic carbocycles. The fourth-order valence-electron chi connectivity index (χ4n) is 3.60. The van der Waals surface area contributed by atoms with E-state index in [4.69, 9.17) is 34.1 Å². The number of rotatable bonds is 9. The molecule has 0 amide bonds. The normalized spacial score (nSPS) is 13.1. The standard InChI is InChI=1S/C23H23Cl2N3O5S/c1-2-3-4-21(23(29)30)28(34(32,33)20-12-17(24)11-18(25)13-20)19-8-7-14-9-16(22(26)27-31)6-5-15(14)10-19/h5-13,21,31H,2-4H2,1H3,(H2,26,27)(H,29,30). The lowest BCUT2D eigenvalue weighted by atomic mass is 10.0. The minimum absolute atomic E-state index is 0.0708. The van der Waals surface area contributed by atoms with Gasteiger partial charge in [0.1, 0.15) is 6.04 Å². The summed E-state index contributed by atoms with van der Waals surface area (Å²) in [6.07, 6.45) is 1.31. The van der Waals surface area contributed by atoms with Gasteiger partial charge in [0, 0.05) is 15.6 Å². The van der Waals surface area contributed by atoms with Crippen LogP contribution in [0.5, 0.6) is 0 Å². The number of hydrogen-bond donors (Lipinski definition) is 3. The predicted octanol–water partition coefficient (Wildman–Crippen LogP) is 5.08. The van der Waals surface area contributed by atoms with Crippen LogP contribution in [-0.4, -0.2) is 36.6 Å². The summed E-state index contributed by atoms with van der Waals surface area (Å²) in [6, 6.07) is 12.2. The number of fused-ring (bicyclic) bond motifs is 1. The van der Waals surface area contributed by atoms with Gasteiger partial charge in [0.05, 0.1) is 10.6 Å². The maximum atomic E-state index is 13.7. The van der Waals surface area contributed by atoms with Gasteiger partial charge in [0.2, 0.25) is 0 Å². The average Bonchev–Trinajstić information content (AvgIpc) is 2.79. The first-order chi connectivity index (χ1) is 16.1. The number of carboxylic acid groups (broad SMARTS) is 1. The maximum Gasteiger partial charge on any atom is 0.327 e. The molecule has 3 rings (SSSR count). The molecule has 180 valence electrons. The molecule has 0 heterocycles. The second-order valence-electron chi connectivity index (χ2n) is 7.63. The molecule has 34 heavy (non-hydrogen) atoms. The van der Waals surface area contributed by atoms with E-state index in [9.17, 15) is 18.3 Å². The molecular weight excluding hydrogens is 501 g/mol. The lowest BCUT2D eigenvalue weighted by molar-refractivity contribution is -0.138. The van der Waals surface area contributed by atoms with E-state index >= 15 is 0 Å². The van der Waals surface area contributed by atoms with Crippen molar-refractivity contribution in [3.8, 4) is 0 Å². The summed E-state index contributed by atoms with van der Waals surface area (Å²) in [5.41, 5.74) is 6.30. The number of oxime groups is 1. The Morgan fingerprint density at radius 1 is 1.06 bits per heavy atom. The number of anilines is 1. The van der Waals surface area contributed by atoms with Crippen molar-refractivity contribution in [3.05, 3.63) is 70.2 Å². The Morgan fingerprint density at radius 2 is 1.68 bits per heavy atom. The van der Waals surface area contributed by atoms with Crippen molar-refractivity contribution in [1.82, 2.24) is 0 Å². The van der Waals surface area contributed by atoms with Crippen molar-refractivity contribution >= 4 is 61.5 Å². The molecule has 1 atom stereocenters. The summed E-state index contributed by atoms with van der Waals surface area (Å²) in [5, 5.41) is 23.4. The average molecular weight is 524 g/mol. The molecule has 8 nitrogen and oxygen atoms in total. The Labute approximate surface area is 207 Å². The van der Waals surface area contributed by atoms with Crippen LogP contribution in [-0.2, 0) is 14.8 Å². The molecule has 11 heteroatoms. The third-order valence-corrected chi connectivity index (χ3v) is 7.52. The molecule has 0 spiro atoms. The van der Waals surface area contributed by atoms with Gasteiger partial charge in [-0.3, -0.25) is 4.31 Å². The molecule has 0 fully saturated rings. The van der Waals surface area contributed by atoms with Crippen LogP contribution < -0.4 is 10.0 Å². The summed E-state index contributed by atoms with van der Waals surface area (Å²) in [5.74, 6) is -1.34. The van der Waals surface area contributed by atoms with Crippen molar-refractivity contribution in [2.24, 2.45) is 10.9 Å². The van der Waals surface area contributed by atoms with Crippen LogP contribution in [0.2, 0.25) is 10.0 Å². The fraction of sp³-hybridized carbons (Fsp3) is 0.217. The second-order valence-corrected chi connectivity index (χ2v) is 10.3. The molecule has 1 unspecified atom stereocenters. The first-order valence-electron chi connectivity index (χ1n) is 10.3. The van der Waals surface area contributed by atoms with Crippen molar-refractivity contribution in [2.45, 2.75) is 37.1 Å². The number of benzene rings is 3. The highest BCUT2D eigenvalue weighted by Crippen LogP contribution is 2.33. The van der Waals surface area contributed by atoms with Crippen LogP contribution >= 0.6 is 23.2 Å². The number of carbonyl (C=O) groups is 1. The molecule has 0 saturated carbocycles. The summed E-state index contributed by atoms with van der Waals surface area (Å²) in [6.45, 7) is 1.89. The number of nitrogens with zero attached hydrogens (tertiary/aromatic N) is 2. The van der Waals surface area contributed by atoms with Crippen molar-refractivity contribution in [3.63, 3.8) is 0 Å². The zero-order valence-corrected chi connectivity index (χ0v) is 20.5. The highest BCUT2D eigenvalue weighted by Gasteiger charge is 2.36. The van der Waals surface area contributed by atoms with Crippen LogP contribution in [0.25, 0.3) is 10.8 Å². The Bertz CT molecular complexity index is 1340.